The summed E-state index contributed by atoms with van der Waals surface area (Å²) in [6, 6.07) is 0. The van der Waals surface area contributed by atoms with Crippen LogP contribution < -0.4 is 5.32 Å². The average molecular weight is 318 g/mol. The molecule has 0 heterocycles. The largest absolute Gasteiger partial charge is 0.350 e. The predicted molar refractivity (Wildman–Crippen MR) is 87.5 cm³/mol. The van der Waals surface area contributed by atoms with E-state index >= 15 is 0 Å². The summed E-state index contributed by atoms with van der Waals surface area (Å²) in [5.74, 6) is 0.378. The molecule has 0 spiro atoms. The number of amides is 2. The Hall–Kier alpha value is -0.910. The van der Waals surface area contributed by atoms with Crippen molar-refractivity contribution in [1.82, 2.24) is 10.2 Å². The van der Waals surface area contributed by atoms with Crippen molar-refractivity contribution in [1.29, 1.82) is 0 Å². The number of nitrogens with one attached hydrogen (secondary N) is 1. The monoisotopic (exact) mass is 318 g/mol. The van der Waals surface area contributed by atoms with Gasteiger partial charge in [0.25, 0.3) is 0 Å². The number of nitrogens with zero attached hydrogens (tertiary/aromatic N) is 1. The first kappa shape index (κ1) is 20.1. The Bertz CT molecular complexity index is 381. The highest BCUT2D eigenvalue weighted by Crippen LogP contribution is 2.09. The van der Waals surface area contributed by atoms with E-state index in [1.807, 2.05) is 20.8 Å². The third-order valence-electron chi connectivity index (χ3n) is 3.59. The van der Waals surface area contributed by atoms with E-state index in [0.29, 0.717) is 25.0 Å². The lowest BCUT2D eigenvalue weighted by atomic mass is 10.0. The summed E-state index contributed by atoms with van der Waals surface area (Å²) in [5, 5.41) is 2.40. The van der Waals surface area contributed by atoms with Crippen LogP contribution in [0, 0.1) is 0 Å². The smallest absolute Gasteiger partial charge is 0.235 e. The van der Waals surface area contributed by atoms with Gasteiger partial charge in [0, 0.05) is 42.6 Å². The normalized spacial score (nSPS) is 14.4. The lowest BCUT2D eigenvalue weighted by Gasteiger charge is -2.26. The molecule has 2 amide bonds. The molecule has 0 bridgehead atoms. The van der Waals surface area contributed by atoms with E-state index in [9.17, 15) is 13.8 Å². The lowest BCUT2D eigenvalue weighted by Crippen LogP contribution is -2.48. The van der Waals surface area contributed by atoms with Crippen LogP contribution in [0.25, 0.3) is 0 Å². The first-order valence-electron chi connectivity index (χ1n) is 7.50. The molecule has 1 N–H and O–H groups in total. The maximum Gasteiger partial charge on any atom is 0.235 e. The summed E-state index contributed by atoms with van der Waals surface area (Å²) < 4.78 is 12.1. The van der Waals surface area contributed by atoms with Crippen molar-refractivity contribution in [2.75, 3.05) is 19.8 Å². The quantitative estimate of drug-likeness (QED) is 0.658. The van der Waals surface area contributed by atoms with E-state index < -0.39 is 16.0 Å². The fourth-order valence-corrected chi connectivity index (χ4v) is 2.70. The van der Waals surface area contributed by atoms with Crippen LogP contribution in [0.5, 0.6) is 0 Å². The minimum Gasteiger partial charge on any atom is -0.350 e. The van der Waals surface area contributed by atoms with E-state index in [0.717, 1.165) is 6.42 Å². The predicted octanol–water partition coefficient (Wildman–Crippen LogP) is 1.69. The minimum atomic E-state index is -1.19. The van der Waals surface area contributed by atoms with Gasteiger partial charge in [0.15, 0.2) is 0 Å². The van der Waals surface area contributed by atoms with Gasteiger partial charge in [-0.15, -0.1) is 0 Å². The van der Waals surface area contributed by atoms with Gasteiger partial charge in [-0.3, -0.25) is 13.8 Å². The van der Waals surface area contributed by atoms with Crippen LogP contribution in [-0.2, 0) is 20.4 Å². The Balaban J connectivity index is 4.11. The molecule has 21 heavy (non-hydrogen) atoms. The zero-order valence-electron chi connectivity index (χ0n) is 14.2. The van der Waals surface area contributed by atoms with Crippen LogP contribution in [0.2, 0.25) is 0 Å². The molecule has 0 saturated heterocycles. The third-order valence-corrected chi connectivity index (χ3v) is 5.29. The average Bonchev–Trinajstić information content (AvgIpc) is 2.41. The molecule has 0 saturated carbocycles. The summed E-state index contributed by atoms with van der Waals surface area (Å²) in [6.07, 6.45) is 2.69. The molecule has 0 aromatic rings. The van der Waals surface area contributed by atoms with Crippen LogP contribution in [0.15, 0.2) is 0 Å². The van der Waals surface area contributed by atoms with Gasteiger partial charge >= 0.3 is 0 Å². The van der Waals surface area contributed by atoms with Crippen molar-refractivity contribution < 1.29 is 13.8 Å². The minimum absolute atomic E-state index is 0.0799. The van der Waals surface area contributed by atoms with Gasteiger partial charge in [-0.1, -0.05) is 6.92 Å². The van der Waals surface area contributed by atoms with Crippen molar-refractivity contribution in [3.05, 3.63) is 0 Å². The van der Waals surface area contributed by atoms with E-state index in [1.54, 1.807) is 25.9 Å². The van der Waals surface area contributed by atoms with Crippen LogP contribution in [0.4, 0.5) is 0 Å². The highest BCUT2D eigenvalue weighted by Gasteiger charge is 2.25. The Morgan fingerprint density at radius 3 is 2.29 bits per heavy atom. The van der Waals surface area contributed by atoms with E-state index in [1.165, 1.54) is 0 Å². The zero-order valence-corrected chi connectivity index (χ0v) is 15.0. The molecule has 0 aliphatic heterocycles. The first-order chi connectivity index (χ1) is 9.60. The Labute approximate surface area is 131 Å². The molecule has 124 valence electrons. The molecule has 0 aliphatic carbocycles. The van der Waals surface area contributed by atoms with Crippen molar-refractivity contribution in [2.24, 2.45) is 0 Å². The molecule has 0 aliphatic rings. The first-order valence-corrected chi connectivity index (χ1v) is 8.88. The highest BCUT2D eigenvalue weighted by molar-refractivity contribution is 7.86. The summed E-state index contributed by atoms with van der Waals surface area (Å²) >= 11 is 0. The summed E-state index contributed by atoms with van der Waals surface area (Å²) in [7, 11) is 2.26. The molecule has 5 nitrogen and oxygen atoms in total. The summed E-state index contributed by atoms with van der Waals surface area (Å²) in [6.45, 7) is 7.60. The molecule has 2 unspecified atom stereocenters. The van der Waals surface area contributed by atoms with Crippen LogP contribution >= 0.6 is 0 Å². The second-order valence-corrected chi connectivity index (χ2v) is 8.08. The molecular weight excluding hydrogens is 288 g/mol. The third kappa shape index (κ3) is 8.19. The second-order valence-electron chi connectivity index (χ2n) is 6.20. The standard InChI is InChI=1S/C15H30N2O3S/c1-7-15(3,4)16-14(19)12(2)21(20)11-9-8-10-13(18)17(5)6/h12H,7-11H2,1-6H3,(H,16,19). The van der Waals surface area contributed by atoms with Crippen LogP contribution in [-0.4, -0.2) is 51.6 Å². The Morgan fingerprint density at radius 2 is 1.81 bits per heavy atom. The molecule has 0 fully saturated rings. The molecule has 0 radical (unpaired) electrons. The fourth-order valence-electron chi connectivity index (χ4n) is 1.56. The highest BCUT2D eigenvalue weighted by atomic mass is 32.2. The summed E-state index contributed by atoms with van der Waals surface area (Å²) in [4.78, 5) is 25.0. The number of hydrogen-bond acceptors (Lipinski definition) is 3. The van der Waals surface area contributed by atoms with Gasteiger partial charge in [0.05, 0.1) is 0 Å². The molecule has 0 rings (SSSR count). The van der Waals surface area contributed by atoms with Crippen LogP contribution in [0.3, 0.4) is 0 Å². The fraction of sp³-hybridized carbons (Fsp3) is 0.867. The van der Waals surface area contributed by atoms with Gasteiger partial charge in [0.2, 0.25) is 11.8 Å². The number of rotatable bonds is 9. The Morgan fingerprint density at radius 1 is 1.24 bits per heavy atom. The maximum absolute atomic E-state index is 12.1. The number of hydrogen-bond donors (Lipinski definition) is 1. The topological polar surface area (TPSA) is 66.5 Å². The number of unbranched alkanes of at least 4 members (excludes halogenated alkanes) is 1. The molecule has 2 atom stereocenters. The Kier molecular flexibility index (Phi) is 8.78. The van der Waals surface area contributed by atoms with Crippen molar-refractivity contribution in [3.8, 4) is 0 Å². The van der Waals surface area contributed by atoms with Gasteiger partial charge in [-0.25, -0.2) is 0 Å². The molecular formula is C15H30N2O3S. The van der Waals surface area contributed by atoms with Crippen molar-refractivity contribution in [3.63, 3.8) is 0 Å². The zero-order chi connectivity index (χ0) is 16.6. The molecule has 0 aromatic carbocycles. The second kappa shape index (κ2) is 9.18. The van der Waals surface area contributed by atoms with Crippen molar-refractivity contribution in [2.45, 2.75) is 64.2 Å². The van der Waals surface area contributed by atoms with Gasteiger partial charge in [-0.05, 0) is 40.0 Å². The van der Waals surface area contributed by atoms with Gasteiger partial charge in [0.1, 0.15) is 5.25 Å². The van der Waals surface area contributed by atoms with E-state index in [2.05, 4.69) is 5.32 Å². The lowest BCUT2D eigenvalue weighted by molar-refractivity contribution is -0.128. The van der Waals surface area contributed by atoms with Crippen molar-refractivity contribution >= 4 is 22.6 Å². The van der Waals surface area contributed by atoms with E-state index in [-0.39, 0.29) is 17.4 Å². The number of carbonyl (C=O) groups excluding carboxylic acids is 2. The summed E-state index contributed by atoms with van der Waals surface area (Å²) in [5.41, 5.74) is -0.270. The SMILES string of the molecule is CCC(C)(C)NC(=O)C(C)S(=O)CCCCC(=O)N(C)C. The van der Waals surface area contributed by atoms with Gasteiger partial charge in [-0.2, -0.15) is 0 Å². The van der Waals surface area contributed by atoms with Crippen LogP contribution in [0.1, 0.15) is 53.4 Å². The maximum atomic E-state index is 12.1. The number of carbonyl (C=O) groups is 2. The molecule has 0 aromatic heterocycles. The van der Waals surface area contributed by atoms with Gasteiger partial charge < -0.3 is 10.2 Å². The molecule has 6 heteroatoms. The van der Waals surface area contributed by atoms with E-state index in [4.69, 9.17) is 0 Å².